The van der Waals surface area contributed by atoms with Gasteiger partial charge in [0.05, 0.1) is 12.2 Å². The molecule has 1 aromatic rings. The number of hydrogen-bond donors (Lipinski definition) is 2. The van der Waals surface area contributed by atoms with Crippen LogP contribution in [0.3, 0.4) is 0 Å². The first-order chi connectivity index (χ1) is 8.02. The van der Waals surface area contributed by atoms with Crippen molar-refractivity contribution in [1.82, 2.24) is 9.55 Å². The lowest BCUT2D eigenvalue weighted by atomic mass is 10.1. The molecule has 0 unspecified atom stereocenters. The summed E-state index contributed by atoms with van der Waals surface area (Å²) in [6, 6.07) is 0. The Labute approximate surface area is 97.9 Å². The second-order valence-electron chi connectivity index (χ2n) is 4.32. The van der Waals surface area contributed by atoms with Gasteiger partial charge in [0.2, 0.25) is 0 Å². The highest BCUT2D eigenvalue weighted by Gasteiger charge is 2.34. The average molecular weight is 240 g/mol. The molecule has 1 saturated heterocycles. The van der Waals surface area contributed by atoms with Gasteiger partial charge in [-0.05, 0) is 13.3 Å². The molecule has 0 bridgehead atoms. The highest BCUT2D eigenvalue weighted by atomic mass is 16.5. The van der Waals surface area contributed by atoms with Crippen molar-refractivity contribution in [2.24, 2.45) is 0 Å². The van der Waals surface area contributed by atoms with Crippen LogP contribution in [0.1, 0.15) is 31.6 Å². The highest BCUT2D eigenvalue weighted by molar-refractivity contribution is 5.01. The molecule has 2 N–H and O–H groups in total. The van der Waals surface area contributed by atoms with Crippen LogP contribution in [0.15, 0.2) is 15.8 Å². The van der Waals surface area contributed by atoms with Crippen molar-refractivity contribution < 1.29 is 9.84 Å². The molecule has 0 saturated carbocycles. The summed E-state index contributed by atoms with van der Waals surface area (Å²) in [5, 5.41) is 9.72. The zero-order valence-corrected chi connectivity index (χ0v) is 9.84. The molecule has 17 heavy (non-hydrogen) atoms. The van der Waals surface area contributed by atoms with Gasteiger partial charge >= 0.3 is 5.69 Å². The highest BCUT2D eigenvalue weighted by Crippen LogP contribution is 2.28. The van der Waals surface area contributed by atoms with Crippen LogP contribution < -0.4 is 11.2 Å². The third-order valence-electron chi connectivity index (χ3n) is 3.06. The number of nitrogens with one attached hydrogen (secondary N) is 1. The average Bonchev–Trinajstić information content (AvgIpc) is 2.65. The summed E-state index contributed by atoms with van der Waals surface area (Å²) in [6.07, 6.45) is 1.20. The van der Waals surface area contributed by atoms with E-state index in [4.69, 9.17) is 4.74 Å². The van der Waals surface area contributed by atoms with Gasteiger partial charge in [0.15, 0.2) is 0 Å². The van der Waals surface area contributed by atoms with Gasteiger partial charge in [0.1, 0.15) is 6.23 Å². The van der Waals surface area contributed by atoms with Gasteiger partial charge in [0.25, 0.3) is 5.56 Å². The van der Waals surface area contributed by atoms with Crippen molar-refractivity contribution in [2.45, 2.75) is 45.1 Å². The number of rotatable bonds is 2. The molecule has 2 heterocycles. The fourth-order valence-corrected chi connectivity index (χ4v) is 2.05. The monoisotopic (exact) mass is 240 g/mol. The zero-order valence-electron chi connectivity index (χ0n) is 9.84. The first-order valence-electron chi connectivity index (χ1n) is 5.68. The Bertz CT molecular complexity index is 519. The molecular formula is C11H16N2O4. The maximum absolute atomic E-state index is 11.6. The number of aryl methyl sites for hydroxylation is 1. The number of H-pyrrole nitrogens is 1. The fraction of sp³-hybridized carbons (Fsp3) is 0.636. The predicted molar refractivity (Wildman–Crippen MR) is 60.9 cm³/mol. The molecule has 0 radical (unpaired) electrons. The largest absolute Gasteiger partial charge is 0.390 e. The van der Waals surface area contributed by atoms with Crippen molar-refractivity contribution in [2.75, 3.05) is 0 Å². The van der Waals surface area contributed by atoms with Crippen LogP contribution in [0, 0.1) is 6.92 Å². The molecule has 0 spiro atoms. The van der Waals surface area contributed by atoms with Gasteiger partial charge in [0, 0.05) is 18.2 Å². The third-order valence-corrected chi connectivity index (χ3v) is 3.06. The molecule has 6 heteroatoms. The topological polar surface area (TPSA) is 84.3 Å². The lowest BCUT2D eigenvalue weighted by molar-refractivity contribution is -0.0218. The quantitative estimate of drug-likeness (QED) is 0.756. The third kappa shape index (κ3) is 2.18. The van der Waals surface area contributed by atoms with E-state index in [-0.39, 0.29) is 6.10 Å². The molecule has 1 fully saturated rings. The van der Waals surface area contributed by atoms with Crippen LogP contribution in [0.5, 0.6) is 0 Å². The molecule has 2 rings (SSSR count). The van der Waals surface area contributed by atoms with E-state index in [9.17, 15) is 14.7 Å². The van der Waals surface area contributed by atoms with E-state index < -0.39 is 23.6 Å². The Kier molecular flexibility index (Phi) is 3.17. The standard InChI is InChI=1S/C11H16N2O4/c1-3-8-7(14)4-9(17-8)13-5-6(2)10(15)12-11(13)16/h5,7-9,14H,3-4H2,1-2H3,(H,12,15,16)/t7-,8+,9+/m1/s1. The maximum atomic E-state index is 11.6. The van der Waals surface area contributed by atoms with Crippen LogP contribution in [0.4, 0.5) is 0 Å². The lowest BCUT2D eigenvalue weighted by Gasteiger charge is -2.14. The van der Waals surface area contributed by atoms with Gasteiger partial charge in [-0.25, -0.2) is 4.79 Å². The van der Waals surface area contributed by atoms with Crippen LogP contribution in [0.25, 0.3) is 0 Å². The molecule has 3 atom stereocenters. The lowest BCUT2D eigenvalue weighted by Crippen LogP contribution is -2.33. The molecule has 94 valence electrons. The fourth-order valence-electron chi connectivity index (χ4n) is 2.05. The molecule has 6 nitrogen and oxygen atoms in total. The van der Waals surface area contributed by atoms with Crippen molar-refractivity contribution in [3.8, 4) is 0 Å². The first-order valence-corrected chi connectivity index (χ1v) is 5.68. The van der Waals surface area contributed by atoms with Gasteiger partial charge < -0.3 is 9.84 Å². The number of aromatic amines is 1. The Morgan fingerprint density at radius 1 is 1.59 bits per heavy atom. The number of aromatic nitrogens is 2. The van der Waals surface area contributed by atoms with Gasteiger partial charge in [-0.1, -0.05) is 6.92 Å². The van der Waals surface area contributed by atoms with E-state index in [2.05, 4.69) is 4.98 Å². The Morgan fingerprint density at radius 3 is 2.88 bits per heavy atom. The molecule has 0 aromatic carbocycles. The maximum Gasteiger partial charge on any atom is 0.330 e. The zero-order chi connectivity index (χ0) is 12.6. The van der Waals surface area contributed by atoms with Crippen molar-refractivity contribution >= 4 is 0 Å². The minimum absolute atomic E-state index is 0.251. The van der Waals surface area contributed by atoms with E-state index >= 15 is 0 Å². The molecule has 1 aliphatic heterocycles. The number of hydrogen-bond acceptors (Lipinski definition) is 4. The van der Waals surface area contributed by atoms with E-state index in [1.54, 1.807) is 6.92 Å². The second kappa shape index (κ2) is 4.46. The van der Waals surface area contributed by atoms with Crippen molar-refractivity contribution in [1.29, 1.82) is 0 Å². The summed E-state index contributed by atoms with van der Waals surface area (Å²) in [5.74, 6) is 0. The molecule has 0 amide bonds. The summed E-state index contributed by atoms with van der Waals surface area (Å²) in [6.45, 7) is 3.54. The molecule has 1 aromatic heterocycles. The van der Waals surface area contributed by atoms with Gasteiger partial charge in [-0.2, -0.15) is 0 Å². The first kappa shape index (κ1) is 12.1. The smallest absolute Gasteiger partial charge is 0.330 e. The normalized spacial score (nSPS) is 28.5. The van der Waals surface area contributed by atoms with Crippen LogP contribution in [0.2, 0.25) is 0 Å². The van der Waals surface area contributed by atoms with E-state index in [0.29, 0.717) is 18.4 Å². The summed E-state index contributed by atoms with van der Waals surface area (Å²) in [7, 11) is 0. The summed E-state index contributed by atoms with van der Waals surface area (Å²) in [5.41, 5.74) is -0.450. The number of aliphatic hydroxyl groups is 1. The summed E-state index contributed by atoms with van der Waals surface area (Å²) in [4.78, 5) is 25.1. The van der Waals surface area contributed by atoms with E-state index in [0.717, 1.165) is 0 Å². The minimum atomic E-state index is -0.566. The number of nitrogens with zero attached hydrogens (tertiary/aromatic N) is 1. The van der Waals surface area contributed by atoms with Crippen molar-refractivity contribution in [3.05, 3.63) is 32.6 Å². The van der Waals surface area contributed by atoms with Crippen LogP contribution in [-0.4, -0.2) is 26.9 Å². The minimum Gasteiger partial charge on any atom is -0.390 e. The van der Waals surface area contributed by atoms with Crippen LogP contribution in [-0.2, 0) is 4.74 Å². The Morgan fingerprint density at radius 2 is 2.29 bits per heavy atom. The number of aliphatic hydroxyl groups excluding tert-OH is 1. The summed E-state index contributed by atoms with van der Waals surface area (Å²) < 4.78 is 6.90. The molecule has 1 aliphatic rings. The van der Waals surface area contributed by atoms with Gasteiger partial charge in [-0.15, -0.1) is 0 Å². The number of ether oxygens (including phenoxy) is 1. The predicted octanol–water partition coefficient (Wildman–Crippen LogP) is -0.0966. The molecular weight excluding hydrogens is 224 g/mol. The second-order valence-corrected chi connectivity index (χ2v) is 4.32. The van der Waals surface area contributed by atoms with Crippen LogP contribution >= 0.6 is 0 Å². The van der Waals surface area contributed by atoms with Crippen molar-refractivity contribution in [3.63, 3.8) is 0 Å². The van der Waals surface area contributed by atoms with E-state index in [1.165, 1.54) is 10.8 Å². The Hall–Kier alpha value is -1.40. The van der Waals surface area contributed by atoms with Gasteiger partial charge in [-0.3, -0.25) is 14.3 Å². The van der Waals surface area contributed by atoms with E-state index in [1.807, 2.05) is 6.92 Å². The molecule has 0 aliphatic carbocycles. The Balaban J connectivity index is 2.34. The summed E-state index contributed by atoms with van der Waals surface area (Å²) >= 11 is 0. The SMILES string of the molecule is CC[C@@H]1O[C@H](n2cc(C)c(=O)[nH]c2=O)C[C@H]1O.